The minimum absolute atomic E-state index is 0.101. The lowest BCUT2D eigenvalue weighted by Crippen LogP contribution is -2.24. The number of pyridine rings is 1. The van der Waals surface area contributed by atoms with Crippen LogP contribution in [0.5, 0.6) is 0 Å². The first-order valence-corrected chi connectivity index (χ1v) is 4.42. The van der Waals surface area contributed by atoms with E-state index in [1.807, 2.05) is 0 Å². The first-order chi connectivity index (χ1) is 6.84. The van der Waals surface area contributed by atoms with E-state index in [1.165, 1.54) is 0 Å². The molecule has 0 aliphatic rings. The van der Waals surface area contributed by atoms with Gasteiger partial charge in [0.05, 0.1) is 5.56 Å². The van der Waals surface area contributed by atoms with Crippen molar-refractivity contribution in [3.8, 4) is 11.8 Å². The maximum Gasteiger partial charge on any atom is 0.252 e. The summed E-state index contributed by atoms with van der Waals surface area (Å²) in [4.78, 5) is 15.3. The minimum atomic E-state index is -0.101. The first kappa shape index (κ1) is 10.3. The van der Waals surface area contributed by atoms with Crippen molar-refractivity contribution in [2.24, 2.45) is 0 Å². The standard InChI is InChI=1S/C11H12N2O/c1-2-3-4-8-13-11(14)10-6-5-7-12-9-10/h5-7,9H,4,8H2,1H3,(H,13,14). The van der Waals surface area contributed by atoms with E-state index in [9.17, 15) is 4.79 Å². The van der Waals surface area contributed by atoms with Gasteiger partial charge in [0.2, 0.25) is 0 Å². The molecule has 0 spiro atoms. The van der Waals surface area contributed by atoms with Gasteiger partial charge in [0.1, 0.15) is 0 Å². The largest absolute Gasteiger partial charge is 0.351 e. The highest BCUT2D eigenvalue weighted by Gasteiger charge is 2.02. The number of carbonyl (C=O) groups is 1. The molecule has 0 aliphatic heterocycles. The summed E-state index contributed by atoms with van der Waals surface area (Å²) < 4.78 is 0. The fourth-order valence-electron chi connectivity index (χ4n) is 0.963. The molecule has 1 N–H and O–H groups in total. The fraction of sp³-hybridized carbons (Fsp3) is 0.273. The van der Waals surface area contributed by atoms with Crippen molar-refractivity contribution in [3.05, 3.63) is 30.1 Å². The Bertz CT molecular complexity index is 349. The van der Waals surface area contributed by atoms with Crippen LogP contribution in [-0.4, -0.2) is 17.4 Å². The number of rotatable bonds is 3. The molecule has 1 aromatic heterocycles. The maximum absolute atomic E-state index is 11.4. The second-order valence-corrected chi connectivity index (χ2v) is 2.67. The predicted octanol–water partition coefficient (Wildman–Crippen LogP) is 1.22. The molecule has 3 nitrogen and oxygen atoms in total. The molecule has 0 aliphatic carbocycles. The lowest BCUT2D eigenvalue weighted by atomic mass is 10.2. The zero-order valence-corrected chi connectivity index (χ0v) is 8.08. The van der Waals surface area contributed by atoms with E-state index in [1.54, 1.807) is 31.5 Å². The van der Waals surface area contributed by atoms with Gasteiger partial charge in [-0.1, -0.05) is 0 Å². The summed E-state index contributed by atoms with van der Waals surface area (Å²) >= 11 is 0. The molecule has 1 rings (SSSR count). The van der Waals surface area contributed by atoms with Gasteiger partial charge in [-0.25, -0.2) is 0 Å². The number of aromatic nitrogens is 1. The van der Waals surface area contributed by atoms with Gasteiger partial charge in [-0.3, -0.25) is 9.78 Å². The highest BCUT2D eigenvalue weighted by molar-refractivity contribution is 5.93. The lowest BCUT2D eigenvalue weighted by molar-refractivity contribution is 0.0954. The average molecular weight is 188 g/mol. The highest BCUT2D eigenvalue weighted by Crippen LogP contribution is 1.94. The molecule has 0 bridgehead atoms. The predicted molar refractivity (Wildman–Crippen MR) is 54.6 cm³/mol. The minimum Gasteiger partial charge on any atom is -0.351 e. The molecule has 14 heavy (non-hydrogen) atoms. The van der Waals surface area contributed by atoms with Gasteiger partial charge < -0.3 is 5.32 Å². The van der Waals surface area contributed by atoms with E-state index in [2.05, 4.69) is 22.1 Å². The Kier molecular flexibility index (Phi) is 4.22. The zero-order chi connectivity index (χ0) is 10.2. The fourth-order valence-corrected chi connectivity index (χ4v) is 0.963. The van der Waals surface area contributed by atoms with Crippen molar-refractivity contribution in [1.82, 2.24) is 10.3 Å². The third-order valence-electron chi connectivity index (χ3n) is 1.64. The van der Waals surface area contributed by atoms with Gasteiger partial charge >= 0.3 is 0 Å². The van der Waals surface area contributed by atoms with Crippen LogP contribution < -0.4 is 5.32 Å². The molecule has 1 amide bonds. The normalized spacial score (nSPS) is 8.64. The first-order valence-electron chi connectivity index (χ1n) is 4.42. The van der Waals surface area contributed by atoms with E-state index in [4.69, 9.17) is 0 Å². The van der Waals surface area contributed by atoms with Crippen LogP contribution in [0, 0.1) is 11.8 Å². The third-order valence-corrected chi connectivity index (χ3v) is 1.64. The summed E-state index contributed by atoms with van der Waals surface area (Å²) in [6.07, 6.45) is 3.86. The maximum atomic E-state index is 11.4. The van der Waals surface area contributed by atoms with Gasteiger partial charge in [0, 0.05) is 25.4 Å². The Hall–Kier alpha value is -1.82. The summed E-state index contributed by atoms with van der Waals surface area (Å²) in [6, 6.07) is 3.47. The van der Waals surface area contributed by atoms with Gasteiger partial charge in [0.15, 0.2) is 0 Å². The van der Waals surface area contributed by atoms with Crippen LogP contribution in [0.25, 0.3) is 0 Å². The van der Waals surface area contributed by atoms with E-state index in [0.717, 1.165) is 0 Å². The zero-order valence-electron chi connectivity index (χ0n) is 8.08. The molecule has 0 saturated heterocycles. The molecule has 1 aromatic rings. The Balaban J connectivity index is 2.39. The molecule has 0 atom stereocenters. The van der Waals surface area contributed by atoms with E-state index >= 15 is 0 Å². The highest BCUT2D eigenvalue weighted by atomic mass is 16.1. The van der Waals surface area contributed by atoms with Crippen molar-refractivity contribution in [3.63, 3.8) is 0 Å². The molecule has 0 saturated carbocycles. The number of amides is 1. The molecular formula is C11H12N2O. The Morgan fingerprint density at radius 1 is 1.64 bits per heavy atom. The van der Waals surface area contributed by atoms with Crippen LogP contribution in [0.15, 0.2) is 24.5 Å². The number of hydrogen-bond donors (Lipinski definition) is 1. The smallest absolute Gasteiger partial charge is 0.252 e. The van der Waals surface area contributed by atoms with Crippen molar-refractivity contribution >= 4 is 5.91 Å². The molecular weight excluding hydrogens is 176 g/mol. The Morgan fingerprint density at radius 2 is 2.50 bits per heavy atom. The SMILES string of the molecule is CC#CCCNC(=O)c1cccnc1. The third kappa shape index (κ3) is 3.28. The van der Waals surface area contributed by atoms with E-state index in [0.29, 0.717) is 18.5 Å². The van der Waals surface area contributed by atoms with Gasteiger partial charge in [0.25, 0.3) is 5.91 Å². The van der Waals surface area contributed by atoms with Crippen LogP contribution in [0.1, 0.15) is 23.7 Å². The van der Waals surface area contributed by atoms with Gasteiger partial charge in [-0.2, -0.15) is 0 Å². The van der Waals surface area contributed by atoms with Crippen molar-refractivity contribution < 1.29 is 4.79 Å². The second kappa shape index (κ2) is 5.76. The van der Waals surface area contributed by atoms with Crippen LogP contribution in [0.4, 0.5) is 0 Å². The molecule has 0 aromatic carbocycles. The Morgan fingerprint density at radius 3 is 3.14 bits per heavy atom. The lowest BCUT2D eigenvalue weighted by Gasteiger charge is -2.01. The second-order valence-electron chi connectivity index (χ2n) is 2.67. The van der Waals surface area contributed by atoms with E-state index in [-0.39, 0.29) is 5.91 Å². The van der Waals surface area contributed by atoms with Crippen LogP contribution in [0.3, 0.4) is 0 Å². The monoisotopic (exact) mass is 188 g/mol. The molecule has 0 fully saturated rings. The average Bonchev–Trinajstić information content (AvgIpc) is 2.25. The number of nitrogens with zero attached hydrogens (tertiary/aromatic N) is 1. The number of nitrogens with one attached hydrogen (secondary N) is 1. The van der Waals surface area contributed by atoms with Crippen molar-refractivity contribution in [1.29, 1.82) is 0 Å². The van der Waals surface area contributed by atoms with Crippen molar-refractivity contribution in [2.75, 3.05) is 6.54 Å². The van der Waals surface area contributed by atoms with Gasteiger partial charge in [-0.05, 0) is 19.1 Å². The van der Waals surface area contributed by atoms with E-state index < -0.39 is 0 Å². The van der Waals surface area contributed by atoms with Crippen molar-refractivity contribution in [2.45, 2.75) is 13.3 Å². The summed E-state index contributed by atoms with van der Waals surface area (Å²) in [5.74, 6) is 5.54. The summed E-state index contributed by atoms with van der Waals surface area (Å²) in [5.41, 5.74) is 0.581. The topological polar surface area (TPSA) is 42.0 Å². The molecule has 72 valence electrons. The van der Waals surface area contributed by atoms with Gasteiger partial charge in [-0.15, -0.1) is 11.8 Å². The summed E-state index contributed by atoms with van der Waals surface area (Å²) in [7, 11) is 0. The molecule has 1 heterocycles. The quantitative estimate of drug-likeness (QED) is 0.572. The summed E-state index contributed by atoms with van der Waals surface area (Å²) in [5, 5.41) is 2.75. The molecule has 3 heteroatoms. The number of hydrogen-bond acceptors (Lipinski definition) is 2. The van der Waals surface area contributed by atoms with Crippen LogP contribution in [0.2, 0.25) is 0 Å². The molecule has 0 unspecified atom stereocenters. The molecule has 0 radical (unpaired) electrons. The number of carbonyl (C=O) groups excluding carboxylic acids is 1. The Labute approximate surface area is 83.6 Å². The van der Waals surface area contributed by atoms with Crippen LogP contribution >= 0.6 is 0 Å². The van der Waals surface area contributed by atoms with Crippen LogP contribution in [-0.2, 0) is 0 Å². The summed E-state index contributed by atoms with van der Waals surface area (Å²) in [6.45, 7) is 2.36.